The third-order valence-corrected chi connectivity index (χ3v) is 3.98. The summed E-state index contributed by atoms with van der Waals surface area (Å²) in [5, 5.41) is 0.903. The number of thiophene rings is 1. The standard InChI is InChI=1S/C15H15N3O2S/c1-9-7-12-13(17-15(16)18-14(12)21-9)20-8-10-3-5-11(19-2)6-4-10/h3-7H,8H2,1-2H3,(H2,16,17,18). The molecule has 0 aliphatic heterocycles. The Hall–Kier alpha value is -2.34. The summed E-state index contributed by atoms with van der Waals surface area (Å²) < 4.78 is 10.9. The number of rotatable bonds is 4. The van der Waals surface area contributed by atoms with E-state index in [1.807, 2.05) is 37.3 Å². The van der Waals surface area contributed by atoms with Gasteiger partial charge in [-0.3, -0.25) is 0 Å². The van der Waals surface area contributed by atoms with Crippen LogP contribution in [-0.4, -0.2) is 17.1 Å². The molecule has 3 aromatic rings. The fourth-order valence-electron chi connectivity index (χ4n) is 2.01. The Morgan fingerprint density at radius 2 is 1.95 bits per heavy atom. The molecule has 0 aliphatic rings. The van der Waals surface area contributed by atoms with Crippen LogP contribution in [0.25, 0.3) is 10.2 Å². The lowest BCUT2D eigenvalue weighted by molar-refractivity contribution is 0.298. The molecule has 0 saturated heterocycles. The number of hydrogen-bond donors (Lipinski definition) is 1. The number of nitrogen functional groups attached to an aromatic ring is 1. The number of benzene rings is 1. The van der Waals surface area contributed by atoms with Crippen LogP contribution in [0.1, 0.15) is 10.4 Å². The number of ether oxygens (including phenoxy) is 2. The third kappa shape index (κ3) is 2.90. The van der Waals surface area contributed by atoms with E-state index in [-0.39, 0.29) is 5.95 Å². The molecule has 0 radical (unpaired) electrons. The highest BCUT2D eigenvalue weighted by Crippen LogP contribution is 2.30. The van der Waals surface area contributed by atoms with Gasteiger partial charge in [-0.25, -0.2) is 4.98 Å². The van der Waals surface area contributed by atoms with Crippen LogP contribution in [0.15, 0.2) is 30.3 Å². The van der Waals surface area contributed by atoms with E-state index >= 15 is 0 Å². The Labute approximate surface area is 126 Å². The highest BCUT2D eigenvalue weighted by atomic mass is 32.1. The Morgan fingerprint density at radius 1 is 1.19 bits per heavy atom. The zero-order chi connectivity index (χ0) is 14.8. The van der Waals surface area contributed by atoms with Gasteiger partial charge in [0.1, 0.15) is 17.2 Å². The van der Waals surface area contributed by atoms with Crippen LogP contribution >= 0.6 is 11.3 Å². The molecule has 0 atom stereocenters. The number of aromatic nitrogens is 2. The highest BCUT2D eigenvalue weighted by molar-refractivity contribution is 7.18. The zero-order valence-corrected chi connectivity index (χ0v) is 12.6. The Morgan fingerprint density at radius 3 is 2.67 bits per heavy atom. The van der Waals surface area contributed by atoms with Gasteiger partial charge in [-0.1, -0.05) is 12.1 Å². The fraction of sp³-hybridized carbons (Fsp3) is 0.200. The van der Waals surface area contributed by atoms with E-state index in [0.717, 1.165) is 26.4 Å². The molecule has 108 valence electrons. The average Bonchev–Trinajstić information content (AvgIpc) is 2.85. The third-order valence-electron chi connectivity index (χ3n) is 3.03. The van der Waals surface area contributed by atoms with Crippen molar-refractivity contribution in [2.45, 2.75) is 13.5 Å². The van der Waals surface area contributed by atoms with Crippen molar-refractivity contribution in [3.05, 3.63) is 40.8 Å². The normalized spacial score (nSPS) is 10.8. The molecule has 1 aromatic carbocycles. The molecule has 6 heteroatoms. The molecular weight excluding hydrogens is 286 g/mol. The van der Waals surface area contributed by atoms with Crippen LogP contribution in [0.3, 0.4) is 0 Å². The van der Waals surface area contributed by atoms with Crippen LogP contribution in [0, 0.1) is 6.92 Å². The van der Waals surface area contributed by atoms with E-state index in [0.29, 0.717) is 12.5 Å². The van der Waals surface area contributed by atoms with E-state index in [4.69, 9.17) is 15.2 Å². The second-order valence-corrected chi connectivity index (χ2v) is 5.83. The maximum Gasteiger partial charge on any atom is 0.227 e. The van der Waals surface area contributed by atoms with E-state index in [9.17, 15) is 0 Å². The molecule has 0 spiro atoms. The Kier molecular flexibility index (Phi) is 3.62. The minimum atomic E-state index is 0.231. The van der Waals surface area contributed by atoms with Crippen LogP contribution < -0.4 is 15.2 Å². The monoisotopic (exact) mass is 301 g/mol. The summed E-state index contributed by atoms with van der Waals surface area (Å²) in [7, 11) is 1.64. The second kappa shape index (κ2) is 5.57. The zero-order valence-electron chi connectivity index (χ0n) is 11.8. The van der Waals surface area contributed by atoms with Gasteiger partial charge in [-0.15, -0.1) is 11.3 Å². The summed E-state index contributed by atoms with van der Waals surface area (Å²) in [6.45, 7) is 2.44. The molecule has 2 N–H and O–H groups in total. The number of methoxy groups -OCH3 is 1. The topological polar surface area (TPSA) is 70.3 Å². The van der Waals surface area contributed by atoms with Crippen molar-refractivity contribution in [3.63, 3.8) is 0 Å². The quantitative estimate of drug-likeness (QED) is 0.801. The van der Waals surface area contributed by atoms with Crippen LogP contribution in [0.5, 0.6) is 11.6 Å². The SMILES string of the molecule is COc1ccc(COc2nc(N)nc3sc(C)cc23)cc1. The second-order valence-electron chi connectivity index (χ2n) is 4.60. The molecule has 2 aromatic heterocycles. The van der Waals surface area contributed by atoms with Crippen molar-refractivity contribution >= 4 is 27.5 Å². The van der Waals surface area contributed by atoms with Crippen molar-refractivity contribution in [1.29, 1.82) is 0 Å². The molecule has 0 aliphatic carbocycles. The molecule has 21 heavy (non-hydrogen) atoms. The largest absolute Gasteiger partial charge is 0.497 e. The summed E-state index contributed by atoms with van der Waals surface area (Å²) in [6, 6.07) is 9.73. The Bertz CT molecular complexity index is 768. The molecule has 0 saturated carbocycles. The summed E-state index contributed by atoms with van der Waals surface area (Å²) in [5.41, 5.74) is 6.76. The molecule has 3 rings (SSSR count). The lowest BCUT2D eigenvalue weighted by Crippen LogP contribution is -2.01. The summed E-state index contributed by atoms with van der Waals surface area (Å²) in [6.07, 6.45) is 0. The van der Waals surface area contributed by atoms with Gasteiger partial charge in [0, 0.05) is 4.88 Å². The average molecular weight is 301 g/mol. The van der Waals surface area contributed by atoms with Crippen LogP contribution in [0.4, 0.5) is 5.95 Å². The van der Waals surface area contributed by atoms with E-state index in [2.05, 4.69) is 9.97 Å². The lowest BCUT2D eigenvalue weighted by Gasteiger charge is -2.07. The number of hydrogen-bond acceptors (Lipinski definition) is 6. The van der Waals surface area contributed by atoms with Crippen molar-refractivity contribution < 1.29 is 9.47 Å². The van der Waals surface area contributed by atoms with Gasteiger partial charge in [0.05, 0.1) is 12.5 Å². The number of fused-ring (bicyclic) bond motifs is 1. The fourth-order valence-corrected chi connectivity index (χ4v) is 2.89. The van der Waals surface area contributed by atoms with Crippen LogP contribution in [0.2, 0.25) is 0 Å². The predicted molar refractivity (Wildman–Crippen MR) is 83.9 cm³/mol. The van der Waals surface area contributed by atoms with Crippen molar-refractivity contribution in [2.24, 2.45) is 0 Å². The van der Waals surface area contributed by atoms with Crippen molar-refractivity contribution in [3.8, 4) is 11.6 Å². The molecule has 5 nitrogen and oxygen atoms in total. The minimum absolute atomic E-state index is 0.231. The molecule has 0 unspecified atom stereocenters. The lowest BCUT2D eigenvalue weighted by atomic mass is 10.2. The van der Waals surface area contributed by atoms with Gasteiger partial charge in [-0.05, 0) is 30.7 Å². The molecule has 2 heterocycles. The first-order valence-electron chi connectivity index (χ1n) is 6.45. The van der Waals surface area contributed by atoms with Crippen molar-refractivity contribution in [1.82, 2.24) is 9.97 Å². The predicted octanol–water partition coefficient (Wildman–Crippen LogP) is 3.17. The number of nitrogens with two attached hydrogens (primary N) is 1. The Balaban J connectivity index is 1.83. The molecular formula is C15H15N3O2S. The molecule has 0 bridgehead atoms. The first-order valence-corrected chi connectivity index (χ1v) is 7.27. The molecule has 0 fully saturated rings. The first-order chi connectivity index (χ1) is 10.2. The van der Waals surface area contributed by atoms with Crippen molar-refractivity contribution in [2.75, 3.05) is 12.8 Å². The smallest absolute Gasteiger partial charge is 0.227 e. The van der Waals surface area contributed by atoms with Gasteiger partial charge in [0.2, 0.25) is 11.8 Å². The van der Waals surface area contributed by atoms with Crippen LogP contribution in [-0.2, 0) is 6.61 Å². The summed E-state index contributed by atoms with van der Waals surface area (Å²) >= 11 is 1.58. The number of aryl methyl sites for hydroxylation is 1. The van der Waals surface area contributed by atoms with Gasteiger partial charge in [0.15, 0.2) is 0 Å². The highest BCUT2D eigenvalue weighted by Gasteiger charge is 2.10. The maximum atomic E-state index is 5.81. The first kappa shape index (κ1) is 13.6. The van der Waals surface area contributed by atoms with Gasteiger partial charge in [0.25, 0.3) is 0 Å². The van der Waals surface area contributed by atoms with Gasteiger partial charge >= 0.3 is 0 Å². The number of nitrogens with zero attached hydrogens (tertiary/aromatic N) is 2. The molecule has 0 amide bonds. The van der Waals surface area contributed by atoms with E-state index in [1.54, 1.807) is 18.4 Å². The van der Waals surface area contributed by atoms with E-state index < -0.39 is 0 Å². The summed E-state index contributed by atoms with van der Waals surface area (Å²) in [4.78, 5) is 10.4. The minimum Gasteiger partial charge on any atom is -0.497 e. The number of anilines is 1. The van der Waals surface area contributed by atoms with E-state index in [1.165, 1.54) is 0 Å². The van der Waals surface area contributed by atoms with Gasteiger partial charge in [-0.2, -0.15) is 4.98 Å². The maximum absolute atomic E-state index is 5.81. The summed E-state index contributed by atoms with van der Waals surface area (Å²) in [5.74, 6) is 1.58. The van der Waals surface area contributed by atoms with Gasteiger partial charge < -0.3 is 15.2 Å².